The summed E-state index contributed by atoms with van der Waals surface area (Å²) >= 11 is 0. The topological polar surface area (TPSA) is 63.1 Å². The Morgan fingerprint density at radius 1 is 1.14 bits per heavy atom. The molecule has 3 rings (SSSR count). The lowest BCUT2D eigenvalue weighted by atomic mass is 10.1. The van der Waals surface area contributed by atoms with Crippen LogP contribution in [-0.2, 0) is 11.3 Å². The van der Waals surface area contributed by atoms with Crippen LogP contribution in [0.3, 0.4) is 0 Å². The van der Waals surface area contributed by atoms with Gasteiger partial charge in [-0.3, -0.25) is 9.59 Å². The molecule has 0 saturated heterocycles. The van der Waals surface area contributed by atoms with E-state index in [0.717, 1.165) is 53.9 Å². The first-order valence-electron chi connectivity index (χ1n) is 10.2. The summed E-state index contributed by atoms with van der Waals surface area (Å²) in [7, 11) is 0. The summed E-state index contributed by atoms with van der Waals surface area (Å²) < 4.78 is 2.17. The van der Waals surface area contributed by atoms with Crippen LogP contribution in [0.15, 0.2) is 30.3 Å². The quantitative estimate of drug-likeness (QED) is 0.759. The summed E-state index contributed by atoms with van der Waals surface area (Å²) in [5.74, 6) is 0.180. The second-order valence-corrected chi connectivity index (χ2v) is 8.10. The van der Waals surface area contributed by atoms with Crippen LogP contribution >= 0.6 is 0 Å². The third-order valence-corrected chi connectivity index (χ3v) is 5.62. The van der Waals surface area contributed by atoms with Gasteiger partial charge in [-0.25, -0.2) is 0 Å². The van der Waals surface area contributed by atoms with E-state index in [9.17, 15) is 9.59 Å². The van der Waals surface area contributed by atoms with Crippen LogP contribution in [0, 0.1) is 19.8 Å². The lowest BCUT2D eigenvalue weighted by Crippen LogP contribution is -2.24. The van der Waals surface area contributed by atoms with Crippen molar-refractivity contribution in [3.05, 3.63) is 52.8 Å². The minimum atomic E-state index is -0.0691. The molecule has 1 fully saturated rings. The largest absolute Gasteiger partial charge is 0.348 e. The number of aryl methyl sites for hydroxylation is 1. The van der Waals surface area contributed by atoms with Gasteiger partial charge in [0.25, 0.3) is 5.91 Å². The number of anilines is 1. The van der Waals surface area contributed by atoms with Crippen molar-refractivity contribution in [1.29, 1.82) is 0 Å². The maximum Gasteiger partial charge on any atom is 0.253 e. The van der Waals surface area contributed by atoms with Gasteiger partial charge in [-0.1, -0.05) is 25.0 Å². The van der Waals surface area contributed by atoms with E-state index in [1.165, 1.54) is 0 Å². The molecular formula is C23H31N3O2. The van der Waals surface area contributed by atoms with Crippen molar-refractivity contribution in [3.8, 4) is 0 Å². The van der Waals surface area contributed by atoms with Crippen molar-refractivity contribution in [2.24, 2.45) is 5.92 Å². The Bertz CT molecular complexity index is 861. The van der Waals surface area contributed by atoms with Gasteiger partial charge in [-0.05, 0) is 64.3 Å². The van der Waals surface area contributed by atoms with Gasteiger partial charge >= 0.3 is 0 Å². The van der Waals surface area contributed by atoms with E-state index in [1.807, 2.05) is 44.2 Å². The maximum atomic E-state index is 12.7. The summed E-state index contributed by atoms with van der Waals surface area (Å²) in [5.41, 5.74) is 4.56. The zero-order chi connectivity index (χ0) is 20.3. The summed E-state index contributed by atoms with van der Waals surface area (Å²) in [6.07, 6.45) is 4.25. The molecule has 0 bridgehead atoms. The molecule has 0 aliphatic heterocycles. The van der Waals surface area contributed by atoms with E-state index in [-0.39, 0.29) is 17.7 Å². The minimum Gasteiger partial charge on any atom is -0.348 e. The molecule has 28 heavy (non-hydrogen) atoms. The Labute approximate surface area is 167 Å². The molecule has 1 heterocycles. The Hall–Kier alpha value is -2.56. The molecule has 0 spiro atoms. The zero-order valence-electron chi connectivity index (χ0n) is 17.3. The smallest absolute Gasteiger partial charge is 0.253 e. The monoisotopic (exact) mass is 381 g/mol. The Kier molecular flexibility index (Phi) is 6.22. The SMILES string of the molecule is Cc1cc(C(=O)NCc2cccc(NC(=O)C3CCCC3)c2)c(C)n1C(C)C. The average Bonchev–Trinajstić information content (AvgIpc) is 3.28. The van der Waals surface area contributed by atoms with Crippen LogP contribution in [0.25, 0.3) is 0 Å². The molecule has 1 aliphatic carbocycles. The zero-order valence-corrected chi connectivity index (χ0v) is 17.3. The predicted molar refractivity (Wildman–Crippen MR) is 112 cm³/mol. The van der Waals surface area contributed by atoms with Crippen LogP contribution in [-0.4, -0.2) is 16.4 Å². The molecule has 2 amide bonds. The van der Waals surface area contributed by atoms with E-state index >= 15 is 0 Å². The van der Waals surface area contributed by atoms with Gasteiger partial charge < -0.3 is 15.2 Å². The molecule has 5 heteroatoms. The van der Waals surface area contributed by atoms with E-state index in [4.69, 9.17) is 0 Å². The van der Waals surface area contributed by atoms with E-state index in [0.29, 0.717) is 12.6 Å². The van der Waals surface area contributed by atoms with Crippen molar-refractivity contribution in [3.63, 3.8) is 0 Å². The first kappa shape index (κ1) is 20.2. The molecule has 1 saturated carbocycles. The van der Waals surface area contributed by atoms with Crippen LogP contribution in [0.4, 0.5) is 5.69 Å². The highest BCUT2D eigenvalue weighted by Gasteiger charge is 2.22. The highest BCUT2D eigenvalue weighted by Crippen LogP contribution is 2.26. The number of amides is 2. The molecule has 1 aliphatic rings. The number of carbonyl (C=O) groups is 2. The molecule has 1 aromatic carbocycles. The second kappa shape index (κ2) is 8.63. The van der Waals surface area contributed by atoms with Crippen LogP contribution in [0.1, 0.15) is 72.9 Å². The third-order valence-electron chi connectivity index (χ3n) is 5.62. The molecule has 0 unspecified atom stereocenters. The molecule has 0 radical (unpaired) electrons. The van der Waals surface area contributed by atoms with Crippen LogP contribution in [0.5, 0.6) is 0 Å². The minimum absolute atomic E-state index is 0.0691. The lowest BCUT2D eigenvalue weighted by Gasteiger charge is -2.14. The van der Waals surface area contributed by atoms with E-state index in [1.54, 1.807) is 0 Å². The standard InChI is InChI=1S/C23H31N3O2/c1-15(2)26-16(3)12-21(17(26)4)23(28)24-14-18-8-7-11-20(13-18)25-22(27)19-9-5-6-10-19/h7-8,11-13,15,19H,5-6,9-10,14H2,1-4H3,(H,24,28)(H,25,27). The van der Waals surface area contributed by atoms with Crippen molar-refractivity contribution in [1.82, 2.24) is 9.88 Å². The Morgan fingerprint density at radius 3 is 2.50 bits per heavy atom. The van der Waals surface area contributed by atoms with Gasteiger partial charge in [-0.2, -0.15) is 0 Å². The van der Waals surface area contributed by atoms with Gasteiger partial charge in [-0.15, -0.1) is 0 Å². The maximum absolute atomic E-state index is 12.7. The fourth-order valence-electron chi connectivity index (χ4n) is 4.27. The number of carbonyl (C=O) groups excluding carboxylic acids is 2. The number of nitrogens with zero attached hydrogens (tertiary/aromatic N) is 1. The third kappa shape index (κ3) is 4.46. The first-order chi connectivity index (χ1) is 13.4. The average molecular weight is 382 g/mol. The lowest BCUT2D eigenvalue weighted by molar-refractivity contribution is -0.119. The fourth-order valence-corrected chi connectivity index (χ4v) is 4.27. The summed E-state index contributed by atoms with van der Waals surface area (Å²) in [4.78, 5) is 25.0. The van der Waals surface area contributed by atoms with Crippen LogP contribution in [0.2, 0.25) is 0 Å². The molecule has 0 atom stereocenters. The van der Waals surface area contributed by atoms with E-state index < -0.39 is 0 Å². The van der Waals surface area contributed by atoms with Crippen molar-refractivity contribution < 1.29 is 9.59 Å². The Balaban J connectivity index is 1.62. The number of rotatable bonds is 6. The fraction of sp³-hybridized carbons (Fsp3) is 0.478. The summed E-state index contributed by atoms with van der Waals surface area (Å²) in [6, 6.07) is 9.97. The highest BCUT2D eigenvalue weighted by molar-refractivity contribution is 5.95. The molecule has 2 N–H and O–H groups in total. The molecule has 150 valence electrons. The van der Waals surface area contributed by atoms with Gasteiger partial charge in [0.05, 0.1) is 5.56 Å². The number of benzene rings is 1. The van der Waals surface area contributed by atoms with Crippen LogP contribution < -0.4 is 10.6 Å². The number of nitrogens with one attached hydrogen (secondary N) is 2. The summed E-state index contributed by atoms with van der Waals surface area (Å²) in [5, 5.41) is 6.03. The number of hydrogen-bond acceptors (Lipinski definition) is 2. The Morgan fingerprint density at radius 2 is 1.86 bits per heavy atom. The van der Waals surface area contributed by atoms with Crippen molar-refractivity contribution in [2.45, 2.75) is 66.0 Å². The van der Waals surface area contributed by atoms with Crippen molar-refractivity contribution >= 4 is 17.5 Å². The second-order valence-electron chi connectivity index (χ2n) is 8.10. The van der Waals surface area contributed by atoms with Gasteiger partial charge in [0.2, 0.25) is 5.91 Å². The molecule has 5 nitrogen and oxygen atoms in total. The van der Waals surface area contributed by atoms with Gasteiger partial charge in [0.15, 0.2) is 0 Å². The molecule has 2 aromatic rings. The molecule has 1 aromatic heterocycles. The highest BCUT2D eigenvalue weighted by atomic mass is 16.2. The normalized spacial score (nSPS) is 14.5. The van der Waals surface area contributed by atoms with Crippen molar-refractivity contribution in [2.75, 3.05) is 5.32 Å². The number of hydrogen-bond donors (Lipinski definition) is 2. The number of aromatic nitrogens is 1. The van der Waals surface area contributed by atoms with E-state index in [2.05, 4.69) is 29.0 Å². The summed E-state index contributed by atoms with van der Waals surface area (Å²) in [6.45, 7) is 8.68. The predicted octanol–water partition coefficient (Wildman–Crippen LogP) is 4.74. The molecular weight excluding hydrogens is 350 g/mol. The first-order valence-corrected chi connectivity index (χ1v) is 10.2. The van der Waals surface area contributed by atoms with Gasteiger partial charge in [0.1, 0.15) is 0 Å². The van der Waals surface area contributed by atoms with Gasteiger partial charge in [0, 0.05) is 35.6 Å².